The van der Waals surface area contributed by atoms with Crippen molar-refractivity contribution in [2.24, 2.45) is 5.73 Å². The SMILES string of the molecule is CC(=O)NN1C(N)=C(C#N)C(c2ccc(C)cc2)C2=C1CCCC2=O. The standard InChI is InChI=1S/C19H20N4O2/c1-11-6-8-13(9-7-11)17-14(10-20)19(21)23(22-12(2)24)15-4-3-5-16(25)18(15)17/h6-9,17H,3-5,21H2,1-2H3,(H,22,24). The van der Waals surface area contributed by atoms with Crippen LogP contribution >= 0.6 is 0 Å². The monoisotopic (exact) mass is 336 g/mol. The van der Waals surface area contributed by atoms with Crippen LogP contribution in [0.5, 0.6) is 0 Å². The molecule has 128 valence electrons. The maximum Gasteiger partial charge on any atom is 0.235 e. The number of nitrogens with zero attached hydrogens (tertiary/aromatic N) is 2. The third kappa shape index (κ3) is 2.89. The van der Waals surface area contributed by atoms with Gasteiger partial charge < -0.3 is 5.73 Å². The highest BCUT2D eigenvalue weighted by molar-refractivity contribution is 5.99. The molecule has 1 amide bonds. The van der Waals surface area contributed by atoms with Crippen molar-refractivity contribution in [2.45, 2.75) is 39.0 Å². The Morgan fingerprint density at radius 3 is 2.60 bits per heavy atom. The van der Waals surface area contributed by atoms with Crippen LogP contribution in [0.1, 0.15) is 43.2 Å². The van der Waals surface area contributed by atoms with Gasteiger partial charge in [-0.3, -0.25) is 15.0 Å². The van der Waals surface area contributed by atoms with Crippen LogP contribution in [0.15, 0.2) is 46.9 Å². The molecule has 3 N–H and O–H groups in total. The summed E-state index contributed by atoms with van der Waals surface area (Å²) < 4.78 is 0. The smallest absolute Gasteiger partial charge is 0.235 e. The Morgan fingerprint density at radius 1 is 1.32 bits per heavy atom. The lowest BCUT2D eigenvalue weighted by molar-refractivity contribution is -0.123. The lowest BCUT2D eigenvalue weighted by Gasteiger charge is -2.39. The normalized spacial score (nSPS) is 20.3. The highest BCUT2D eigenvalue weighted by Gasteiger charge is 2.40. The Kier molecular flexibility index (Phi) is 4.32. The van der Waals surface area contributed by atoms with Crippen LogP contribution in [-0.2, 0) is 9.59 Å². The summed E-state index contributed by atoms with van der Waals surface area (Å²) in [5.41, 5.74) is 12.4. The first kappa shape index (κ1) is 16.8. The van der Waals surface area contributed by atoms with E-state index in [4.69, 9.17) is 5.73 Å². The number of Topliss-reactive ketones (excluding diaryl/α,β-unsaturated/α-hetero) is 1. The minimum absolute atomic E-state index is 0.00225. The largest absolute Gasteiger partial charge is 0.383 e. The number of hydrogen-bond donors (Lipinski definition) is 2. The summed E-state index contributed by atoms with van der Waals surface area (Å²) in [6.45, 7) is 3.35. The van der Waals surface area contributed by atoms with E-state index in [0.29, 0.717) is 30.5 Å². The molecule has 0 saturated carbocycles. The summed E-state index contributed by atoms with van der Waals surface area (Å²) in [4.78, 5) is 24.3. The lowest BCUT2D eigenvalue weighted by atomic mass is 9.76. The van der Waals surface area contributed by atoms with Gasteiger partial charge in [0.2, 0.25) is 5.91 Å². The van der Waals surface area contributed by atoms with Crippen molar-refractivity contribution in [3.63, 3.8) is 0 Å². The van der Waals surface area contributed by atoms with Gasteiger partial charge >= 0.3 is 0 Å². The minimum Gasteiger partial charge on any atom is -0.383 e. The number of aryl methyl sites for hydroxylation is 1. The molecular weight excluding hydrogens is 316 g/mol. The quantitative estimate of drug-likeness (QED) is 0.862. The molecule has 1 atom stereocenters. The second-order valence-corrected chi connectivity index (χ2v) is 6.39. The topological polar surface area (TPSA) is 99.2 Å². The van der Waals surface area contributed by atoms with Gasteiger partial charge in [0.15, 0.2) is 5.78 Å². The van der Waals surface area contributed by atoms with Gasteiger partial charge in [0, 0.05) is 24.6 Å². The van der Waals surface area contributed by atoms with Crippen molar-refractivity contribution in [3.8, 4) is 6.07 Å². The third-order valence-corrected chi connectivity index (χ3v) is 4.59. The molecule has 0 saturated heterocycles. The first-order chi connectivity index (χ1) is 11.9. The van der Waals surface area contributed by atoms with Crippen LogP contribution in [0.3, 0.4) is 0 Å². The van der Waals surface area contributed by atoms with Gasteiger partial charge in [-0.15, -0.1) is 0 Å². The molecule has 3 rings (SSSR count). The maximum atomic E-state index is 12.7. The summed E-state index contributed by atoms with van der Waals surface area (Å²) in [6, 6.07) is 9.90. The van der Waals surface area contributed by atoms with Crippen molar-refractivity contribution in [3.05, 3.63) is 58.1 Å². The van der Waals surface area contributed by atoms with E-state index in [-0.39, 0.29) is 23.1 Å². The van der Waals surface area contributed by atoms with Crippen molar-refractivity contribution >= 4 is 11.7 Å². The first-order valence-electron chi connectivity index (χ1n) is 8.24. The average Bonchev–Trinajstić information content (AvgIpc) is 2.58. The average molecular weight is 336 g/mol. The molecular formula is C19H20N4O2. The number of nitrogens with one attached hydrogen (secondary N) is 1. The van der Waals surface area contributed by atoms with Crippen molar-refractivity contribution in [1.82, 2.24) is 10.4 Å². The molecule has 6 nitrogen and oxygen atoms in total. The molecule has 1 unspecified atom stereocenters. The zero-order chi connectivity index (χ0) is 18.1. The fourth-order valence-corrected chi connectivity index (χ4v) is 3.46. The fraction of sp³-hybridized carbons (Fsp3) is 0.316. The van der Waals surface area contributed by atoms with E-state index < -0.39 is 5.92 Å². The van der Waals surface area contributed by atoms with E-state index >= 15 is 0 Å². The Balaban J connectivity index is 2.21. The summed E-state index contributed by atoms with van der Waals surface area (Å²) in [6.07, 6.45) is 1.76. The molecule has 0 bridgehead atoms. The zero-order valence-corrected chi connectivity index (χ0v) is 14.3. The number of hydrogen-bond acceptors (Lipinski definition) is 5. The van der Waals surface area contributed by atoms with E-state index in [2.05, 4.69) is 11.5 Å². The molecule has 0 aromatic heterocycles. The first-order valence-corrected chi connectivity index (χ1v) is 8.24. The molecule has 1 aromatic carbocycles. The number of nitrogens with two attached hydrogens (primary N) is 1. The molecule has 0 fully saturated rings. The zero-order valence-electron chi connectivity index (χ0n) is 14.3. The molecule has 25 heavy (non-hydrogen) atoms. The number of benzene rings is 1. The fourth-order valence-electron chi connectivity index (χ4n) is 3.46. The molecule has 6 heteroatoms. The van der Waals surface area contributed by atoms with E-state index in [9.17, 15) is 14.9 Å². The van der Waals surface area contributed by atoms with Gasteiger partial charge in [0.1, 0.15) is 5.82 Å². The predicted molar refractivity (Wildman–Crippen MR) is 92.3 cm³/mol. The van der Waals surface area contributed by atoms with Crippen molar-refractivity contribution < 1.29 is 9.59 Å². The van der Waals surface area contributed by atoms with E-state index in [1.807, 2.05) is 31.2 Å². The van der Waals surface area contributed by atoms with Crippen molar-refractivity contribution in [2.75, 3.05) is 0 Å². The second kappa shape index (κ2) is 6.44. The maximum absolute atomic E-state index is 12.7. The van der Waals surface area contributed by atoms with E-state index in [1.54, 1.807) is 0 Å². The van der Waals surface area contributed by atoms with Crippen molar-refractivity contribution in [1.29, 1.82) is 5.26 Å². The van der Waals surface area contributed by atoms with Crippen LogP contribution in [0.2, 0.25) is 0 Å². The predicted octanol–water partition coefficient (Wildman–Crippen LogP) is 2.15. The number of rotatable bonds is 2. The number of carbonyl (C=O) groups excluding carboxylic acids is 2. The minimum atomic E-state index is -0.488. The summed E-state index contributed by atoms with van der Waals surface area (Å²) in [5, 5.41) is 11.1. The van der Waals surface area contributed by atoms with Gasteiger partial charge in [0.25, 0.3) is 0 Å². The number of allylic oxidation sites excluding steroid dienone is 3. The Morgan fingerprint density at radius 2 is 2.00 bits per heavy atom. The molecule has 0 spiro atoms. The van der Waals surface area contributed by atoms with E-state index in [1.165, 1.54) is 11.9 Å². The molecule has 2 aliphatic rings. The number of ketones is 1. The summed E-state index contributed by atoms with van der Waals surface area (Å²) >= 11 is 0. The van der Waals surface area contributed by atoms with Gasteiger partial charge in [-0.1, -0.05) is 29.8 Å². The van der Waals surface area contributed by atoms with Crippen LogP contribution in [0.25, 0.3) is 0 Å². The number of amides is 1. The highest BCUT2D eigenvalue weighted by Crippen LogP contribution is 2.43. The lowest BCUT2D eigenvalue weighted by Crippen LogP contribution is -2.47. The Hall–Kier alpha value is -3.07. The summed E-state index contributed by atoms with van der Waals surface area (Å²) in [7, 11) is 0. The van der Waals surface area contributed by atoms with Crippen LogP contribution in [-0.4, -0.2) is 16.7 Å². The van der Waals surface area contributed by atoms with Gasteiger partial charge in [0.05, 0.1) is 17.6 Å². The Bertz CT molecular complexity index is 843. The van der Waals surface area contributed by atoms with E-state index in [0.717, 1.165) is 11.1 Å². The van der Waals surface area contributed by atoms with Crippen LogP contribution in [0, 0.1) is 18.3 Å². The Labute approximate surface area is 146 Å². The highest BCUT2D eigenvalue weighted by atomic mass is 16.2. The third-order valence-electron chi connectivity index (χ3n) is 4.59. The van der Waals surface area contributed by atoms with Gasteiger partial charge in [-0.05, 0) is 25.3 Å². The number of carbonyl (C=O) groups is 2. The van der Waals surface area contributed by atoms with Crippen LogP contribution in [0.4, 0.5) is 0 Å². The summed E-state index contributed by atoms with van der Waals surface area (Å²) in [5.74, 6) is -0.614. The number of nitriles is 1. The number of hydrazine groups is 1. The molecule has 1 aromatic rings. The molecule has 1 heterocycles. The molecule has 1 aliphatic carbocycles. The van der Waals surface area contributed by atoms with Crippen LogP contribution < -0.4 is 11.2 Å². The van der Waals surface area contributed by atoms with Gasteiger partial charge in [-0.2, -0.15) is 5.26 Å². The molecule has 1 aliphatic heterocycles. The molecule has 0 radical (unpaired) electrons. The second-order valence-electron chi connectivity index (χ2n) is 6.39. The van der Waals surface area contributed by atoms with Gasteiger partial charge in [-0.25, -0.2) is 5.01 Å².